The van der Waals surface area contributed by atoms with Crippen LogP contribution in [-0.2, 0) is 5.60 Å². The molecule has 0 saturated heterocycles. The lowest BCUT2D eigenvalue weighted by atomic mass is 9.77. The summed E-state index contributed by atoms with van der Waals surface area (Å²) in [4.78, 5) is 0. The van der Waals surface area contributed by atoms with E-state index in [1.807, 2.05) is 0 Å². The second-order valence-electron chi connectivity index (χ2n) is 5.68. The number of aliphatic hydroxyl groups is 1. The molecule has 0 aliphatic heterocycles. The summed E-state index contributed by atoms with van der Waals surface area (Å²) in [5.74, 6) is 1.03. The Balaban J connectivity index is 2.21. The smallest absolute Gasteiger partial charge is 0.0916 e. The summed E-state index contributed by atoms with van der Waals surface area (Å²) in [6.07, 6.45) is 4.81. The van der Waals surface area contributed by atoms with Crippen molar-refractivity contribution in [3.63, 3.8) is 0 Å². The summed E-state index contributed by atoms with van der Waals surface area (Å²) in [5, 5.41) is 10.7. The van der Waals surface area contributed by atoms with Crippen LogP contribution < -0.4 is 0 Å². The van der Waals surface area contributed by atoms with Gasteiger partial charge in [-0.1, -0.05) is 51.5 Å². The van der Waals surface area contributed by atoms with E-state index in [1.165, 1.54) is 24.8 Å². The van der Waals surface area contributed by atoms with Crippen LogP contribution in [0.3, 0.4) is 0 Å². The first-order valence-electron chi connectivity index (χ1n) is 6.90. The zero-order valence-electron chi connectivity index (χ0n) is 11.2. The normalized spacial score (nSPS) is 20.1. The van der Waals surface area contributed by atoms with Gasteiger partial charge in [-0.25, -0.2) is 0 Å². The fourth-order valence-electron chi connectivity index (χ4n) is 2.73. The zero-order chi connectivity index (χ0) is 12.5. The van der Waals surface area contributed by atoms with Gasteiger partial charge in [0.15, 0.2) is 0 Å². The summed E-state index contributed by atoms with van der Waals surface area (Å²) in [6, 6.07) is 8.67. The molecule has 17 heavy (non-hydrogen) atoms. The average Bonchev–Trinajstić information content (AvgIpc) is 2.26. The van der Waals surface area contributed by atoms with Crippen molar-refractivity contribution in [2.45, 2.75) is 58.0 Å². The second kappa shape index (κ2) is 4.81. The van der Waals surface area contributed by atoms with Crippen molar-refractivity contribution < 1.29 is 5.11 Å². The molecule has 1 aliphatic carbocycles. The van der Waals surface area contributed by atoms with Crippen LogP contribution >= 0.6 is 0 Å². The van der Waals surface area contributed by atoms with E-state index in [2.05, 4.69) is 45.0 Å². The topological polar surface area (TPSA) is 20.2 Å². The lowest BCUT2D eigenvalue weighted by Crippen LogP contribution is -2.31. The van der Waals surface area contributed by atoms with Crippen LogP contribution in [0.15, 0.2) is 24.3 Å². The van der Waals surface area contributed by atoms with Gasteiger partial charge in [-0.3, -0.25) is 0 Å². The monoisotopic (exact) mass is 232 g/mol. The predicted molar refractivity (Wildman–Crippen MR) is 72.1 cm³/mol. The minimum atomic E-state index is -0.669. The lowest BCUT2D eigenvalue weighted by molar-refractivity contribution is -0.0140. The van der Waals surface area contributed by atoms with Crippen molar-refractivity contribution in [3.05, 3.63) is 35.4 Å². The molecule has 1 atom stereocenters. The molecule has 2 rings (SSSR count). The molecule has 0 heterocycles. The Hall–Kier alpha value is -0.820. The lowest BCUT2D eigenvalue weighted by Gasteiger charge is -2.32. The molecule has 1 saturated carbocycles. The molecule has 0 spiro atoms. The van der Waals surface area contributed by atoms with Crippen molar-refractivity contribution in [1.29, 1.82) is 0 Å². The van der Waals surface area contributed by atoms with E-state index in [1.54, 1.807) is 0 Å². The Kier molecular flexibility index (Phi) is 3.58. The maximum absolute atomic E-state index is 10.7. The molecule has 0 radical (unpaired) electrons. The van der Waals surface area contributed by atoms with E-state index < -0.39 is 5.60 Å². The Morgan fingerprint density at radius 1 is 1.24 bits per heavy atom. The van der Waals surface area contributed by atoms with Gasteiger partial charge in [0, 0.05) is 0 Å². The van der Waals surface area contributed by atoms with Gasteiger partial charge >= 0.3 is 0 Å². The first-order valence-corrected chi connectivity index (χ1v) is 6.90. The Morgan fingerprint density at radius 2 is 1.82 bits per heavy atom. The Morgan fingerprint density at radius 3 is 2.18 bits per heavy atom. The van der Waals surface area contributed by atoms with Gasteiger partial charge in [0.05, 0.1) is 5.60 Å². The van der Waals surface area contributed by atoms with E-state index >= 15 is 0 Å². The van der Waals surface area contributed by atoms with Crippen LogP contribution in [0.4, 0.5) is 0 Å². The van der Waals surface area contributed by atoms with Gasteiger partial charge in [0.25, 0.3) is 0 Å². The maximum Gasteiger partial charge on any atom is 0.0916 e. The first kappa shape index (κ1) is 12.6. The van der Waals surface area contributed by atoms with Crippen molar-refractivity contribution in [3.8, 4) is 0 Å². The van der Waals surface area contributed by atoms with Gasteiger partial charge in [0.2, 0.25) is 0 Å². The third kappa shape index (κ3) is 2.26. The Labute approximate surface area is 105 Å². The minimum Gasteiger partial charge on any atom is -0.385 e. The highest BCUT2D eigenvalue weighted by molar-refractivity contribution is 5.30. The van der Waals surface area contributed by atoms with E-state index in [0.29, 0.717) is 0 Å². The summed E-state index contributed by atoms with van der Waals surface area (Å²) in [6.45, 7) is 6.23. The maximum atomic E-state index is 10.7. The third-order valence-corrected chi connectivity index (χ3v) is 4.48. The highest BCUT2D eigenvalue weighted by Crippen LogP contribution is 2.38. The van der Waals surface area contributed by atoms with Gasteiger partial charge in [0.1, 0.15) is 0 Å². The van der Waals surface area contributed by atoms with E-state index in [0.717, 1.165) is 17.9 Å². The van der Waals surface area contributed by atoms with Crippen LogP contribution in [0, 0.1) is 5.92 Å². The Bertz CT molecular complexity index is 362. The quantitative estimate of drug-likeness (QED) is 0.824. The fraction of sp³-hybridized carbons (Fsp3) is 0.625. The number of hydrogen-bond acceptors (Lipinski definition) is 1. The summed E-state index contributed by atoms with van der Waals surface area (Å²) >= 11 is 0. The minimum absolute atomic E-state index is 0.252. The third-order valence-electron chi connectivity index (χ3n) is 4.48. The largest absolute Gasteiger partial charge is 0.385 e. The summed E-state index contributed by atoms with van der Waals surface area (Å²) < 4.78 is 0. The number of benzene rings is 1. The number of rotatable bonds is 4. The van der Waals surface area contributed by atoms with Gasteiger partial charge in [-0.15, -0.1) is 0 Å². The average molecular weight is 232 g/mol. The number of hydrogen-bond donors (Lipinski definition) is 1. The van der Waals surface area contributed by atoms with Gasteiger partial charge in [-0.2, -0.15) is 0 Å². The van der Waals surface area contributed by atoms with Crippen molar-refractivity contribution in [2.75, 3.05) is 0 Å². The van der Waals surface area contributed by atoms with E-state index in [4.69, 9.17) is 0 Å². The highest BCUT2D eigenvalue weighted by Gasteiger charge is 2.31. The molecule has 1 aliphatic rings. The molecule has 94 valence electrons. The van der Waals surface area contributed by atoms with Crippen LogP contribution in [0.2, 0.25) is 0 Å². The van der Waals surface area contributed by atoms with Crippen LogP contribution in [0.25, 0.3) is 0 Å². The molecule has 0 bridgehead atoms. The van der Waals surface area contributed by atoms with E-state index in [9.17, 15) is 5.11 Å². The fourth-order valence-corrected chi connectivity index (χ4v) is 2.73. The summed E-state index contributed by atoms with van der Waals surface area (Å²) in [5.41, 5.74) is 1.85. The van der Waals surface area contributed by atoms with Gasteiger partial charge in [-0.05, 0) is 42.2 Å². The van der Waals surface area contributed by atoms with Crippen LogP contribution in [0.1, 0.15) is 63.5 Å². The van der Waals surface area contributed by atoms with Crippen LogP contribution in [-0.4, -0.2) is 5.11 Å². The highest BCUT2D eigenvalue weighted by atomic mass is 16.3. The predicted octanol–water partition coefficient (Wildman–Crippen LogP) is 4.21. The van der Waals surface area contributed by atoms with Crippen molar-refractivity contribution in [2.24, 2.45) is 5.92 Å². The van der Waals surface area contributed by atoms with Crippen molar-refractivity contribution >= 4 is 0 Å². The van der Waals surface area contributed by atoms with Crippen LogP contribution in [0.5, 0.6) is 0 Å². The zero-order valence-corrected chi connectivity index (χ0v) is 11.2. The standard InChI is InChI=1S/C16H24O/c1-4-16(17,12(2)3)15-10-8-14(9-11-15)13-6-5-7-13/h8-13,17H,4-7H2,1-3H3. The molecular formula is C16H24O. The molecule has 1 fully saturated rings. The molecule has 1 nitrogen and oxygen atoms in total. The van der Waals surface area contributed by atoms with Gasteiger partial charge < -0.3 is 5.11 Å². The second-order valence-corrected chi connectivity index (χ2v) is 5.68. The molecule has 0 aromatic heterocycles. The molecule has 1 N–H and O–H groups in total. The van der Waals surface area contributed by atoms with Crippen molar-refractivity contribution in [1.82, 2.24) is 0 Å². The van der Waals surface area contributed by atoms with E-state index in [-0.39, 0.29) is 5.92 Å². The molecule has 1 aromatic carbocycles. The molecule has 1 heteroatoms. The molecule has 1 unspecified atom stereocenters. The summed E-state index contributed by atoms with van der Waals surface area (Å²) in [7, 11) is 0. The molecule has 1 aromatic rings. The first-order chi connectivity index (χ1) is 8.08. The SMILES string of the molecule is CCC(O)(c1ccc(C2CCC2)cc1)C(C)C. The molecule has 0 amide bonds. The molecular weight excluding hydrogens is 208 g/mol.